The van der Waals surface area contributed by atoms with E-state index in [0.29, 0.717) is 17.4 Å². The minimum atomic E-state index is -0.404. The normalized spacial score (nSPS) is 10.7. The minimum Gasteiger partial charge on any atom is -0.495 e. The van der Waals surface area contributed by atoms with Crippen LogP contribution in [0.2, 0.25) is 0 Å². The number of hydrogen-bond acceptors (Lipinski definition) is 3. The molecule has 2 rings (SSSR count). The second-order valence-electron chi connectivity index (χ2n) is 4.98. The Kier molecular flexibility index (Phi) is 4.13. The van der Waals surface area contributed by atoms with E-state index < -0.39 is 5.82 Å². The van der Waals surface area contributed by atoms with E-state index in [1.807, 2.05) is 18.2 Å². The highest BCUT2D eigenvalue weighted by Gasteiger charge is 2.09. The molecule has 0 unspecified atom stereocenters. The van der Waals surface area contributed by atoms with Crippen LogP contribution in [0.5, 0.6) is 5.75 Å². The van der Waals surface area contributed by atoms with Gasteiger partial charge in [-0.25, -0.2) is 4.39 Å². The van der Waals surface area contributed by atoms with Crippen LogP contribution in [0.15, 0.2) is 36.4 Å². The maximum atomic E-state index is 13.9. The van der Waals surface area contributed by atoms with Crippen molar-refractivity contribution in [2.75, 3.05) is 18.2 Å². The Morgan fingerprint density at radius 2 is 1.95 bits per heavy atom. The van der Waals surface area contributed by atoms with Gasteiger partial charge in [0.15, 0.2) is 0 Å². The lowest BCUT2D eigenvalue weighted by Gasteiger charge is -2.13. The third-order valence-corrected chi connectivity index (χ3v) is 3.15. The van der Waals surface area contributed by atoms with Gasteiger partial charge in [0, 0.05) is 17.8 Å². The molecule has 3 nitrogen and oxygen atoms in total. The molecule has 0 heterocycles. The number of methoxy groups -OCH3 is 1. The Bertz CT molecular complexity index is 611. The molecule has 4 heteroatoms. The summed E-state index contributed by atoms with van der Waals surface area (Å²) in [6.45, 7) is 4.23. The second-order valence-corrected chi connectivity index (χ2v) is 4.98. The summed E-state index contributed by atoms with van der Waals surface area (Å²) >= 11 is 0. The predicted molar refractivity (Wildman–Crippen MR) is 81.2 cm³/mol. The van der Waals surface area contributed by atoms with Gasteiger partial charge in [0.2, 0.25) is 0 Å². The Labute approximate surface area is 118 Å². The molecule has 0 aliphatic heterocycles. The van der Waals surface area contributed by atoms with Crippen LogP contribution in [0.4, 0.5) is 21.5 Å². The smallest absolute Gasteiger partial charge is 0.148 e. The predicted octanol–water partition coefficient (Wildman–Crippen LogP) is 4.28. The van der Waals surface area contributed by atoms with E-state index in [0.717, 1.165) is 5.69 Å². The van der Waals surface area contributed by atoms with Crippen LogP contribution < -0.4 is 15.8 Å². The summed E-state index contributed by atoms with van der Waals surface area (Å²) in [5.74, 6) is 0.467. The van der Waals surface area contributed by atoms with Gasteiger partial charge in [-0.15, -0.1) is 0 Å². The summed E-state index contributed by atoms with van der Waals surface area (Å²) in [7, 11) is 1.51. The lowest BCUT2D eigenvalue weighted by atomic mass is 10.0. The molecule has 2 aromatic rings. The number of anilines is 3. The monoisotopic (exact) mass is 274 g/mol. The molecule has 0 fully saturated rings. The molecule has 2 aromatic carbocycles. The summed E-state index contributed by atoms with van der Waals surface area (Å²) < 4.78 is 19.0. The van der Waals surface area contributed by atoms with Crippen LogP contribution in [0, 0.1) is 5.82 Å². The number of benzene rings is 2. The Balaban J connectivity index is 2.32. The van der Waals surface area contributed by atoms with E-state index in [4.69, 9.17) is 10.5 Å². The zero-order valence-corrected chi connectivity index (χ0v) is 11.9. The van der Waals surface area contributed by atoms with Crippen molar-refractivity contribution >= 4 is 17.1 Å². The second kappa shape index (κ2) is 5.82. The molecule has 0 saturated carbocycles. The van der Waals surface area contributed by atoms with Crippen molar-refractivity contribution in [3.05, 3.63) is 47.8 Å². The van der Waals surface area contributed by atoms with E-state index in [2.05, 4.69) is 25.2 Å². The van der Waals surface area contributed by atoms with E-state index in [-0.39, 0.29) is 5.69 Å². The molecular formula is C16H19FN2O. The molecule has 20 heavy (non-hydrogen) atoms. The SMILES string of the molecule is COc1cc(Nc2cccc(C(C)C)c2)c(F)cc1N. The summed E-state index contributed by atoms with van der Waals surface area (Å²) in [5, 5.41) is 3.06. The van der Waals surface area contributed by atoms with Crippen molar-refractivity contribution in [1.82, 2.24) is 0 Å². The number of nitrogens with two attached hydrogens (primary N) is 1. The van der Waals surface area contributed by atoms with Crippen LogP contribution in [-0.2, 0) is 0 Å². The number of hydrogen-bond donors (Lipinski definition) is 2. The van der Waals surface area contributed by atoms with Gasteiger partial charge in [-0.05, 0) is 23.6 Å². The molecule has 0 aliphatic rings. The van der Waals surface area contributed by atoms with Crippen molar-refractivity contribution in [2.24, 2.45) is 0 Å². The number of halogens is 1. The first-order chi connectivity index (χ1) is 9.51. The molecule has 0 spiro atoms. The average molecular weight is 274 g/mol. The van der Waals surface area contributed by atoms with Crippen LogP contribution in [0.1, 0.15) is 25.3 Å². The van der Waals surface area contributed by atoms with Gasteiger partial charge in [0.05, 0.1) is 18.5 Å². The molecule has 0 radical (unpaired) electrons. The first-order valence-corrected chi connectivity index (χ1v) is 6.51. The van der Waals surface area contributed by atoms with Gasteiger partial charge < -0.3 is 15.8 Å². The highest BCUT2D eigenvalue weighted by molar-refractivity contribution is 5.67. The lowest BCUT2D eigenvalue weighted by molar-refractivity contribution is 0.416. The molecular weight excluding hydrogens is 255 g/mol. The van der Waals surface area contributed by atoms with Crippen LogP contribution in [0.25, 0.3) is 0 Å². The van der Waals surface area contributed by atoms with Gasteiger partial charge in [0.1, 0.15) is 11.6 Å². The van der Waals surface area contributed by atoms with Gasteiger partial charge >= 0.3 is 0 Å². The van der Waals surface area contributed by atoms with E-state index in [1.165, 1.54) is 18.7 Å². The standard InChI is InChI=1S/C16H19FN2O/c1-10(2)11-5-4-6-12(7-11)19-15-9-16(20-3)14(18)8-13(15)17/h4-10,19H,18H2,1-3H3. The van der Waals surface area contributed by atoms with Crippen molar-refractivity contribution in [3.8, 4) is 5.75 Å². The number of nitrogen functional groups attached to an aromatic ring is 1. The topological polar surface area (TPSA) is 47.3 Å². The van der Waals surface area contributed by atoms with E-state index >= 15 is 0 Å². The summed E-state index contributed by atoms with van der Waals surface area (Å²) in [5.41, 5.74) is 8.32. The fourth-order valence-electron chi connectivity index (χ4n) is 1.97. The van der Waals surface area contributed by atoms with Crippen molar-refractivity contribution in [2.45, 2.75) is 19.8 Å². The van der Waals surface area contributed by atoms with Gasteiger partial charge in [-0.3, -0.25) is 0 Å². The first-order valence-electron chi connectivity index (χ1n) is 6.51. The summed E-state index contributed by atoms with van der Waals surface area (Å²) in [6, 6.07) is 10.7. The molecule has 0 aromatic heterocycles. The Morgan fingerprint density at radius 1 is 1.20 bits per heavy atom. The zero-order chi connectivity index (χ0) is 14.7. The van der Waals surface area contributed by atoms with Crippen molar-refractivity contribution in [3.63, 3.8) is 0 Å². The molecule has 0 amide bonds. The fraction of sp³-hybridized carbons (Fsp3) is 0.250. The van der Waals surface area contributed by atoms with E-state index in [9.17, 15) is 4.39 Å². The highest BCUT2D eigenvalue weighted by Crippen LogP contribution is 2.30. The quantitative estimate of drug-likeness (QED) is 0.818. The van der Waals surface area contributed by atoms with Gasteiger partial charge in [-0.2, -0.15) is 0 Å². The highest BCUT2D eigenvalue weighted by atomic mass is 19.1. The van der Waals surface area contributed by atoms with Gasteiger partial charge in [0.25, 0.3) is 0 Å². The van der Waals surface area contributed by atoms with Gasteiger partial charge in [-0.1, -0.05) is 26.0 Å². The Hall–Kier alpha value is -2.23. The molecule has 0 aliphatic carbocycles. The number of rotatable bonds is 4. The largest absolute Gasteiger partial charge is 0.495 e. The average Bonchev–Trinajstić information content (AvgIpc) is 2.42. The van der Waals surface area contributed by atoms with E-state index in [1.54, 1.807) is 6.07 Å². The van der Waals surface area contributed by atoms with Crippen LogP contribution in [0.3, 0.4) is 0 Å². The third-order valence-electron chi connectivity index (χ3n) is 3.15. The minimum absolute atomic E-state index is 0.284. The molecule has 106 valence electrons. The Morgan fingerprint density at radius 3 is 2.60 bits per heavy atom. The molecule has 3 N–H and O–H groups in total. The van der Waals surface area contributed by atoms with Crippen LogP contribution >= 0.6 is 0 Å². The number of ether oxygens (including phenoxy) is 1. The first kappa shape index (κ1) is 14.2. The summed E-state index contributed by atoms with van der Waals surface area (Å²) in [4.78, 5) is 0. The maximum Gasteiger partial charge on any atom is 0.148 e. The molecule has 0 saturated heterocycles. The maximum absolute atomic E-state index is 13.9. The molecule has 0 bridgehead atoms. The van der Waals surface area contributed by atoms with Crippen molar-refractivity contribution in [1.29, 1.82) is 0 Å². The molecule has 0 atom stereocenters. The van der Waals surface area contributed by atoms with Crippen molar-refractivity contribution < 1.29 is 9.13 Å². The summed E-state index contributed by atoms with van der Waals surface area (Å²) in [6.07, 6.45) is 0. The zero-order valence-electron chi connectivity index (χ0n) is 11.9. The lowest BCUT2D eigenvalue weighted by Crippen LogP contribution is -1.99. The number of nitrogens with one attached hydrogen (secondary N) is 1. The van der Waals surface area contributed by atoms with Crippen LogP contribution in [-0.4, -0.2) is 7.11 Å². The third kappa shape index (κ3) is 3.02. The fourth-order valence-corrected chi connectivity index (χ4v) is 1.97.